The minimum atomic E-state index is -0.298. The number of benzene rings is 1. The Morgan fingerprint density at radius 1 is 1.60 bits per heavy atom. The second-order valence-electron chi connectivity index (χ2n) is 3.11. The van der Waals surface area contributed by atoms with Gasteiger partial charge in [0.05, 0.1) is 4.47 Å². The molecule has 0 aliphatic heterocycles. The Morgan fingerprint density at radius 2 is 2.33 bits per heavy atom. The van der Waals surface area contributed by atoms with Crippen molar-refractivity contribution in [3.05, 3.63) is 34.1 Å². The SMILES string of the molecule is C#CCCC(NN)c1cccc(F)c1Br. The van der Waals surface area contributed by atoms with E-state index in [1.165, 1.54) is 6.07 Å². The maximum Gasteiger partial charge on any atom is 0.137 e. The summed E-state index contributed by atoms with van der Waals surface area (Å²) < 4.78 is 13.7. The van der Waals surface area contributed by atoms with Crippen molar-refractivity contribution in [2.75, 3.05) is 0 Å². The van der Waals surface area contributed by atoms with Gasteiger partial charge in [-0.3, -0.25) is 11.3 Å². The van der Waals surface area contributed by atoms with Crippen LogP contribution < -0.4 is 11.3 Å². The second kappa shape index (κ2) is 5.86. The fraction of sp³-hybridized carbons (Fsp3) is 0.273. The van der Waals surface area contributed by atoms with Gasteiger partial charge in [-0.05, 0) is 34.0 Å². The van der Waals surface area contributed by atoms with E-state index in [1.807, 2.05) is 6.07 Å². The average molecular weight is 271 g/mol. The zero-order valence-electron chi connectivity index (χ0n) is 8.13. The molecule has 0 aromatic heterocycles. The molecule has 0 aliphatic rings. The van der Waals surface area contributed by atoms with Gasteiger partial charge in [0.15, 0.2) is 0 Å². The van der Waals surface area contributed by atoms with E-state index < -0.39 is 0 Å². The molecular weight excluding hydrogens is 259 g/mol. The van der Waals surface area contributed by atoms with E-state index >= 15 is 0 Å². The molecule has 0 heterocycles. The largest absolute Gasteiger partial charge is 0.271 e. The average Bonchev–Trinajstić information content (AvgIpc) is 2.25. The van der Waals surface area contributed by atoms with Crippen LogP contribution in [-0.4, -0.2) is 0 Å². The third-order valence-electron chi connectivity index (χ3n) is 2.14. The van der Waals surface area contributed by atoms with Crippen LogP contribution in [0.3, 0.4) is 0 Å². The molecule has 1 aromatic rings. The molecule has 0 saturated heterocycles. The molecule has 0 radical (unpaired) electrons. The Balaban J connectivity index is 2.92. The van der Waals surface area contributed by atoms with Crippen molar-refractivity contribution >= 4 is 15.9 Å². The first kappa shape index (κ1) is 12.2. The summed E-state index contributed by atoms with van der Waals surface area (Å²) in [4.78, 5) is 0. The Hall–Kier alpha value is -0.890. The highest BCUT2D eigenvalue weighted by Gasteiger charge is 2.14. The molecule has 1 aromatic carbocycles. The number of terminal acetylenes is 1. The molecule has 0 fully saturated rings. The second-order valence-corrected chi connectivity index (χ2v) is 3.90. The van der Waals surface area contributed by atoms with Crippen LogP contribution in [0, 0.1) is 18.2 Å². The Labute approximate surface area is 97.1 Å². The fourth-order valence-electron chi connectivity index (χ4n) is 1.35. The summed E-state index contributed by atoms with van der Waals surface area (Å²) in [6.45, 7) is 0. The van der Waals surface area contributed by atoms with Gasteiger partial charge in [0.25, 0.3) is 0 Å². The third-order valence-corrected chi connectivity index (χ3v) is 2.97. The molecule has 15 heavy (non-hydrogen) atoms. The molecule has 0 aliphatic carbocycles. The maximum atomic E-state index is 13.2. The lowest BCUT2D eigenvalue weighted by molar-refractivity contribution is 0.515. The zero-order chi connectivity index (χ0) is 11.3. The minimum Gasteiger partial charge on any atom is -0.271 e. The zero-order valence-corrected chi connectivity index (χ0v) is 9.72. The van der Waals surface area contributed by atoms with Gasteiger partial charge in [-0.25, -0.2) is 4.39 Å². The van der Waals surface area contributed by atoms with E-state index in [4.69, 9.17) is 12.3 Å². The van der Waals surface area contributed by atoms with Crippen molar-refractivity contribution < 1.29 is 4.39 Å². The van der Waals surface area contributed by atoms with Crippen LogP contribution in [0.1, 0.15) is 24.4 Å². The predicted molar refractivity (Wildman–Crippen MR) is 62.2 cm³/mol. The maximum absolute atomic E-state index is 13.2. The Bertz CT molecular complexity index is 373. The highest BCUT2D eigenvalue weighted by atomic mass is 79.9. The van der Waals surface area contributed by atoms with Gasteiger partial charge >= 0.3 is 0 Å². The Morgan fingerprint density at radius 3 is 2.93 bits per heavy atom. The first-order valence-corrected chi connectivity index (χ1v) is 5.33. The minimum absolute atomic E-state index is 0.133. The van der Waals surface area contributed by atoms with Crippen LogP contribution in [0.5, 0.6) is 0 Å². The summed E-state index contributed by atoms with van der Waals surface area (Å²) in [6, 6.07) is 4.72. The van der Waals surface area contributed by atoms with Gasteiger partial charge in [0, 0.05) is 12.5 Å². The van der Waals surface area contributed by atoms with Crippen LogP contribution in [-0.2, 0) is 0 Å². The molecule has 1 atom stereocenters. The smallest absolute Gasteiger partial charge is 0.137 e. The van der Waals surface area contributed by atoms with E-state index in [-0.39, 0.29) is 11.9 Å². The number of rotatable bonds is 4. The highest BCUT2D eigenvalue weighted by Crippen LogP contribution is 2.27. The third kappa shape index (κ3) is 3.03. The van der Waals surface area contributed by atoms with Gasteiger partial charge in [0.1, 0.15) is 5.82 Å². The monoisotopic (exact) mass is 270 g/mol. The molecule has 0 saturated carbocycles. The van der Waals surface area contributed by atoms with Crippen LogP contribution in [0.15, 0.2) is 22.7 Å². The first-order valence-electron chi connectivity index (χ1n) is 4.54. The van der Waals surface area contributed by atoms with Crippen LogP contribution in [0.2, 0.25) is 0 Å². The van der Waals surface area contributed by atoms with Crippen LogP contribution in [0.4, 0.5) is 4.39 Å². The van der Waals surface area contributed by atoms with Crippen molar-refractivity contribution in [1.82, 2.24) is 5.43 Å². The summed E-state index contributed by atoms with van der Waals surface area (Å²) in [7, 11) is 0. The van der Waals surface area contributed by atoms with E-state index in [0.717, 1.165) is 5.56 Å². The van der Waals surface area contributed by atoms with Gasteiger partial charge in [-0.1, -0.05) is 12.1 Å². The van der Waals surface area contributed by atoms with E-state index in [9.17, 15) is 4.39 Å². The van der Waals surface area contributed by atoms with Crippen molar-refractivity contribution in [2.45, 2.75) is 18.9 Å². The van der Waals surface area contributed by atoms with Gasteiger partial charge in [0.2, 0.25) is 0 Å². The topological polar surface area (TPSA) is 38.0 Å². The normalized spacial score (nSPS) is 12.1. The molecular formula is C11H12BrFN2. The van der Waals surface area contributed by atoms with Crippen LogP contribution in [0.25, 0.3) is 0 Å². The Kier molecular flexibility index (Phi) is 4.76. The van der Waals surface area contributed by atoms with Crippen molar-refractivity contribution in [3.8, 4) is 12.3 Å². The van der Waals surface area contributed by atoms with Gasteiger partial charge < -0.3 is 0 Å². The van der Waals surface area contributed by atoms with Gasteiger partial charge in [-0.2, -0.15) is 0 Å². The van der Waals surface area contributed by atoms with E-state index in [1.54, 1.807) is 6.07 Å². The molecule has 1 rings (SSSR count). The molecule has 80 valence electrons. The first-order chi connectivity index (χ1) is 7.20. The lowest BCUT2D eigenvalue weighted by atomic mass is 10.0. The number of halogens is 2. The van der Waals surface area contributed by atoms with Crippen molar-refractivity contribution in [2.24, 2.45) is 5.84 Å². The summed E-state index contributed by atoms with van der Waals surface area (Å²) in [5.41, 5.74) is 3.41. The van der Waals surface area contributed by atoms with Gasteiger partial charge in [-0.15, -0.1) is 12.3 Å². The molecule has 0 spiro atoms. The predicted octanol–water partition coefficient (Wildman–Crippen LogP) is 2.51. The van der Waals surface area contributed by atoms with E-state index in [2.05, 4.69) is 27.3 Å². The quantitative estimate of drug-likeness (QED) is 0.501. The fourth-order valence-corrected chi connectivity index (χ4v) is 1.89. The van der Waals surface area contributed by atoms with E-state index in [0.29, 0.717) is 17.3 Å². The molecule has 0 bridgehead atoms. The number of nitrogens with one attached hydrogen (secondary N) is 1. The molecule has 1 unspecified atom stereocenters. The molecule has 4 heteroatoms. The van der Waals surface area contributed by atoms with Crippen molar-refractivity contribution in [1.29, 1.82) is 0 Å². The summed E-state index contributed by atoms with van der Waals surface area (Å²) in [5.74, 6) is 7.64. The molecule has 0 amide bonds. The summed E-state index contributed by atoms with van der Waals surface area (Å²) in [5, 5.41) is 0. The molecule has 3 N–H and O–H groups in total. The standard InChI is InChI=1S/C11H12BrFN2/c1-2-3-7-10(15-14)8-5-4-6-9(13)11(8)12/h1,4-6,10,15H,3,7,14H2. The number of hydrogen-bond donors (Lipinski definition) is 2. The van der Waals surface area contributed by atoms with Crippen LogP contribution >= 0.6 is 15.9 Å². The summed E-state index contributed by atoms with van der Waals surface area (Å²) in [6.07, 6.45) is 6.44. The van der Waals surface area contributed by atoms with Crippen molar-refractivity contribution in [3.63, 3.8) is 0 Å². The molecule has 2 nitrogen and oxygen atoms in total. The summed E-state index contributed by atoms with van der Waals surface area (Å²) >= 11 is 3.19. The number of hydrogen-bond acceptors (Lipinski definition) is 2. The number of nitrogens with two attached hydrogens (primary N) is 1. The lowest BCUT2D eigenvalue weighted by Gasteiger charge is -2.16. The number of hydrazine groups is 1. The highest BCUT2D eigenvalue weighted by molar-refractivity contribution is 9.10. The lowest BCUT2D eigenvalue weighted by Crippen LogP contribution is -2.28.